The third-order valence-corrected chi connectivity index (χ3v) is 4.74. The Labute approximate surface area is 108 Å². The van der Waals surface area contributed by atoms with Gasteiger partial charge in [0.1, 0.15) is 0 Å². The lowest BCUT2D eigenvalue weighted by Crippen LogP contribution is -2.29. The fourth-order valence-corrected chi connectivity index (χ4v) is 3.59. The molecule has 4 N–H and O–H groups in total. The van der Waals surface area contributed by atoms with Crippen molar-refractivity contribution in [1.82, 2.24) is 10.2 Å². The molecule has 18 heavy (non-hydrogen) atoms. The van der Waals surface area contributed by atoms with E-state index in [1.54, 1.807) is 6.20 Å². The zero-order valence-electron chi connectivity index (χ0n) is 9.98. The molecule has 0 saturated carbocycles. The Morgan fingerprint density at radius 3 is 2.94 bits per heavy atom. The lowest BCUT2D eigenvalue weighted by Gasteiger charge is -2.24. The fraction of sp³-hybridized carbons (Fsp3) is 0.417. The standard InChI is InChI=1S/C12H16N4OS/c13-10-5-8-7-14-16-11(8)6-12(10)15-9-1-3-18(17)4-2-9/h5-7,9,15H,1-4,13H2,(H,14,16). The number of anilines is 2. The molecule has 1 fully saturated rings. The molecule has 0 amide bonds. The number of nitrogens with two attached hydrogens (primary N) is 1. The van der Waals surface area contributed by atoms with Gasteiger partial charge in [-0.1, -0.05) is 0 Å². The molecular formula is C12H16N4OS. The number of nitrogens with one attached hydrogen (secondary N) is 2. The van der Waals surface area contributed by atoms with E-state index < -0.39 is 10.8 Å². The molecule has 96 valence electrons. The van der Waals surface area contributed by atoms with Gasteiger partial charge in [0.15, 0.2) is 0 Å². The minimum Gasteiger partial charge on any atom is -0.397 e. The maximum absolute atomic E-state index is 11.3. The summed E-state index contributed by atoms with van der Waals surface area (Å²) in [5.41, 5.74) is 8.67. The van der Waals surface area contributed by atoms with Crippen molar-refractivity contribution in [3.63, 3.8) is 0 Å². The van der Waals surface area contributed by atoms with Gasteiger partial charge in [-0.15, -0.1) is 0 Å². The first kappa shape index (κ1) is 11.5. The molecule has 0 bridgehead atoms. The maximum Gasteiger partial charge on any atom is 0.0672 e. The van der Waals surface area contributed by atoms with Gasteiger partial charge in [0.05, 0.1) is 23.1 Å². The van der Waals surface area contributed by atoms with Crippen LogP contribution >= 0.6 is 0 Å². The number of benzene rings is 1. The normalized spacial score (nSPS) is 24.2. The summed E-state index contributed by atoms with van der Waals surface area (Å²) in [5.74, 6) is 1.56. The quantitative estimate of drug-likeness (QED) is 0.717. The van der Waals surface area contributed by atoms with Crippen molar-refractivity contribution in [2.45, 2.75) is 18.9 Å². The zero-order valence-corrected chi connectivity index (χ0v) is 10.8. The van der Waals surface area contributed by atoms with Crippen LogP contribution in [0.1, 0.15) is 12.8 Å². The first-order valence-electron chi connectivity index (χ1n) is 6.06. The molecule has 6 heteroatoms. The lowest BCUT2D eigenvalue weighted by atomic mass is 10.1. The van der Waals surface area contributed by atoms with E-state index in [0.29, 0.717) is 6.04 Å². The zero-order chi connectivity index (χ0) is 12.5. The Bertz CT molecular complexity index is 585. The Morgan fingerprint density at radius 2 is 2.17 bits per heavy atom. The van der Waals surface area contributed by atoms with E-state index in [-0.39, 0.29) is 0 Å². The third kappa shape index (κ3) is 2.20. The summed E-state index contributed by atoms with van der Waals surface area (Å²) >= 11 is 0. The van der Waals surface area contributed by atoms with Crippen LogP contribution in [0.4, 0.5) is 11.4 Å². The van der Waals surface area contributed by atoms with Crippen LogP contribution in [-0.4, -0.2) is 32.0 Å². The van der Waals surface area contributed by atoms with E-state index in [4.69, 9.17) is 5.73 Å². The maximum atomic E-state index is 11.3. The molecule has 2 heterocycles. The van der Waals surface area contributed by atoms with Crippen LogP contribution < -0.4 is 11.1 Å². The van der Waals surface area contributed by atoms with Crippen molar-refractivity contribution < 1.29 is 4.21 Å². The molecule has 1 aromatic carbocycles. The van der Waals surface area contributed by atoms with E-state index in [9.17, 15) is 4.21 Å². The average Bonchev–Trinajstić information content (AvgIpc) is 2.79. The topological polar surface area (TPSA) is 83.8 Å². The Balaban J connectivity index is 1.81. The van der Waals surface area contributed by atoms with Crippen molar-refractivity contribution in [2.75, 3.05) is 22.6 Å². The summed E-state index contributed by atoms with van der Waals surface area (Å²) < 4.78 is 11.3. The molecule has 3 rings (SSSR count). The van der Waals surface area contributed by atoms with Gasteiger partial charge in [0.25, 0.3) is 0 Å². The number of aromatic amines is 1. The van der Waals surface area contributed by atoms with E-state index in [1.807, 2.05) is 12.1 Å². The number of rotatable bonds is 2. The van der Waals surface area contributed by atoms with Gasteiger partial charge < -0.3 is 11.1 Å². The van der Waals surface area contributed by atoms with Crippen LogP contribution in [0.15, 0.2) is 18.3 Å². The summed E-state index contributed by atoms with van der Waals surface area (Å²) in [4.78, 5) is 0. The minimum absolute atomic E-state index is 0.366. The molecular weight excluding hydrogens is 248 g/mol. The largest absolute Gasteiger partial charge is 0.397 e. The molecule has 0 spiro atoms. The number of nitrogens with zero attached hydrogens (tertiary/aromatic N) is 1. The number of hydrogen-bond donors (Lipinski definition) is 3. The Morgan fingerprint density at radius 1 is 1.39 bits per heavy atom. The molecule has 5 nitrogen and oxygen atoms in total. The van der Waals surface area contributed by atoms with Gasteiger partial charge in [-0.05, 0) is 25.0 Å². The van der Waals surface area contributed by atoms with Gasteiger partial charge in [-0.25, -0.2) is 0 Å². The van der Waals surface area contributed by atoms with Gasteiger partial charge in [-0.2, -0.15) is 5.10 Å². The highest BCUT2D eigenvalue weighted by Gasteiger charge is 2.18. The SMILES string of the molecule is Nc1cc2cn[nH]c2cc1NC1CCS(=O)CC1. The van der Waals surface area contributed by atoms with Crippen LogP contribution in [0, 0.1) is 0 Å². The molecule has 1 aromatic heterocycles. The first-order chi connectivity index (χ1) is 8.72. The minimum atomic E-state index is -0.628. The number of fused-ring (bicyclic) bond motifs is 1. The summed E-state index contributed by atoms with van der Waals surface area (Å²) in [6.07, 6.45) is 3.64. The van der Waals surface area contributed by atoms with E-state index >= 15 is 0 Å². The van der Waals surface area contributed by atoms with Crippen molar-refractivity contribution in [1.29, 1.82) is 0 Å². The van der Waals surface area contributed by atoms with Crippen LogP contribution in [0.25, 0.3) is 10.9 Å². The van der Waals surface area contributed by atoms with Crippen molar-refractivity contribution in [2.24, 2.45) is 0 Å². The molecule has 0 aliphatic carbocycles. The predicted molar refractivity (Wildman–Crippen MR) is 75.0 cm³/mol. The molecule has 2 aromatic rings. The van der Waals surface area contributed by atoms with Crippen molar-refractivity contribution >= 4 is 33.1 Å². The molecule has 0 radical (unpaired) electrons. The van der Waals surface area contributed by atoms with E-state index in [1.165, 1.54) is 0 Å². The Hall–Kier alpha value is -1.56. The average molecular weight is 264 g/mol. The van der Waals surface area contributed by atoms with Gasteiger partial charge >= 0.3 is 0 Å². The second kappa shape index (κ2) is 4.61. The number of aromatic nitrogens is 2. The van der Waals surface area contributed by atoms with Crippen molar-refractivity contribution in [3.8, 4) is 0 Å². The smallest absolute Gasteiger partial charge is 0.0672 e. The van der Waals surface area contributed by atoms with Crippen molar-refractivity contribution in [3.05, 3.63) is 18.3 Å². The third-order valence-electron chi connectivity index (χ3n) is 3.36. The lowest BCUT2D eigenvalue weighted by molar-refractivity contribution is 0.624. The predicted octanol–water partition coefficient (Wildman–Crippen LogP) is 1.47. The van der Waals surface area contributed by atoms with Crippen LogP contribution in [0.5, 0.6) is 0 Å². The van der Waals surface area contributed by atoms with Crippen LogP contribution in [0.3, 0.4) is 0 Å². The molecule has 1 aliphatic rings. The highest BCUT2D eigenvalue weighted by Crippen LogP contribution is 2.26. The number of hydrogen-bond acceptors (Lipinski definition) is 4. The van der Waals surface area contributed by atoms with Crippen LogP contribution in [0.2, 0.25) is 0 Å². The molecule has 0 unspecified atom stereocenters. The summed E-state index contributed by atoms with van der Waals surface area (Å²) in [6, 6.07) is 4.27. The molecule has 1 saturated heterocycles. The second-order valence-electron chi connectivity index (χ2n) is 4.66. The molecule has 0 atom stereocenters. The number of nitrogen functional groups attached to an aromatic ring is 1. The Kier molecular flexibility index (Phi) is 2.95. The van der Waals surface area contributed by atoms with Gasteiger partial charge in [0, 0.05) is 33.7 Å². The molecule has 1 aliphatic heterocycles. The highest BCUT2D eigenvalue weighted by atomic mass is 32.2. The van der Waals surface area contributed by atoms with E-state index in [0.717, 1.165) is 46.6 Å². The highest BCUT2D eigenvalue weighted by molar-refractivity contribution is 7.85. The van der Waals surface area contributed by atoms with Gasteiger partial charge in [0.2, 0.25) is 0 Å². The monoisotopic (exact) mass is 264 g/mol. The first-order valence-corrected chi connectivity index (χ1v) is 7.55. The summed E-state index contributed by atoms with van der Waals surface area (Å²) in [5, 5.41) is 11.4. The van der Waals surface area contributed by atoms with E-state index in [2.05, 4.69) is 15.5 Å². The van der Waals surface area contributed by atoms with Crippen LogP contribution in [-0.2, 0) is 10.8 Å². The number of H-pyrrole nitrogens is 1. The summed E-state index contributed by atoms with van der Waals surface area (Å²) in [7, 11) is -0.628. The summed E-state index contributed by atoms with van der Waals surface area (Å²) in [6.45, 7) is 0. The van der Waals surface area contributed by atoms with Gasteiger partial charge in [-0.3, -0.25) is 9.31 Å². The second-order valence-corrected chi connectivity index (χ2v) is 6.36. The fourth-order valence-electron chi connectivity index (χ4n) is 2.29.